The van der Waals surface area contributed by atoms with E-state index in [-0.39, 0.29) is 0 Å². The molecule has 0 aliphatic rings. The standard InChI is InChI=1S/C12H22N2O2S/c1-3-4-5-15-6-7-16-9-11-10-17-12(14-11)8-13-2/h10,13H,3-9H2,1-2H3. The average molecular weight is 258 g/mol. The van der Waals surface area contributed by atoms with Crippen LogP contribution >= 0.6 is 11.3 Å². The fourth-order valence-electron chi connectivity index (χ4n) is 1.29. The molecule has 1 rings (SSSR count). The zero-order valence-electron chi connectivity index (χ0n) is 10.7. The fourth-order valence-corrected chi connectivity index (χ4v) is 2.08. The molecule has 98 valence electrons. The lowest BCUT2D eigenvalue weighted by atomic mass is 10.4. The van der Waals surface area contributed by atoms with Crippen molar-refractivity contribution in [2.24, 2.45) is 0 Å². The van der Waals surface area contributed by atoms with Crippen LogP contribution in [0.15, 0.2) is 5.38 Å². The lowest BCUT2D eigenvalue weighted by molar-refractivity contribution is 0.0387. The molecule has 0 aliphatic heterocycles. The molecule has 1 heterocycles. The summed E-state index contributed by atoms with van der Waals surface area (Å²) in [6.07, 6.45) is 2.30. The van der Waals surface area contributed by atoms with Crippen molar-refractivity contribution in [3.05, 3.63) is 16.1 Å². The molecule has 1 aromatic rings. The van der Waals surface area contributed by atoms with E-state index >= 15 is 0 Å². The molecule has 0 radical (unpaired) electrons. The molecule has 0 spiro atoms. The molecule has 17 heavy (non-hydrogen) atoms. The number of ether oxygens (including phenoxy) is 2. The molecule has 0 bridgehead atoms. The molecule has 1 aromatic heterocycles. The Labute approximate surface area is 107 Å². The van der Waals surface area contributed by atoms with Crippen molar-refractivity contribution in [2.45, 2.75) is 32.9 Å². The smallest absolute Gasteiger partial charge is 0.107 e. The third-order valence-corrected chi connectivity index (χ3v) is 3.09. The monoisotopic (exact) mass is 258 g/mol. The van der Waals surface area contributed by atoms with Crippen LogP contribution in [0.25, 0.3) is 0 Å². The number of hydrogen-bond donors (Lipinski definition) is 1. The van der Waals surface area contributed by atoms with E-state index in [0.717, 1.165) is 30.3 Å². The SMILES string of the molecule is CCCCOCCOCc1csc(CNC)n1. The van der Waals surface area contributed by atoms with Crippen molar-refractivity contribution in [3.8, 4) is 0 Å². The lowest BCUT2D eigenvalue weighted by Gasteiger charge is -2.03. The van der Waals surface area contributed by atoms with Gasteiger partial charge >= 0.3 is 0 Å². The Bertz CT molecular complexity index is 292. The van der Waals surface area contributed by atoms with Crippen molar-refractivity contribution < 1.29 is 9.47 Å². The Kier molecular flexibility index (Phi) is 8.17. The molecule has 5 heteroatoms. The fraction of sp³-hybridized carbons (Fsp3) is 0.750. The summed E-state index contributed by atoms with van der Waals surface area (Å²) in [5, 5.41) is 6.23. The quantitative estimate of drug-likeness (QED) is 0.653. The Hall–Kier alpha value is -0.490. The zero-order chi connectivity index (χ0) is 12.3. The summed E-state index contributed by atoms with van der Waals surface area (Å²) in [5.41, 5.74) is 1.01. The maximum atomic E-state index is 5.49. The van der Waals surface area contributed by atoms with Gasteiger partial charge in [0.2, 0.25) is 0 Å². The first-order valence-electron chi connectivity index (χ1n) is 6.10. The highest BCUT2D eigenvalue weighted by Gasteiger charge is 2.00. The number of thiazole rings is 1. The second kappa shape index (κ2) is 9.53. The summed E-state index contributed by atoms with van der Waals surface area (Å²) in [4.78, 5) is 4.44. The van der Waals surface area contributed by atoms with E-state index in [0.29, 0.717) is 19.8 Å². The third kappa shape index (κ3) is 6.73. The molecule has 0 aliphatic carbocycles. The van der Waals surface area contributed by atoms with Crippen LogP contribution in [-0.4, -0.2) is 31.9 Å². The average Bonchev–Trinajstić information content (AvgIpc) is 2.76. The molecule has 0 aromatic carbocycles. The van der Waals surface area contributed by atoms with Gasteiger partial charge in [-0.3, -0.25) is 0 Å². The second-order valence-corrected chi connectivity index (χ2v) is 4.72. The van der Waals surface area contributed by atoms with Gasteiger partial charge in [0.05, 0.1) is 25.5 Å². The van der Waals surface area contributed by atoms with Gasteiger partial charge in [-0.2, -0.15) is 0 Å². The number of nitrogens with one attached hydrogen (secondary N) is 1. The van der Waals surface area contributed by atoms with Gasteiger partial charge in [-0.05, 0) is 13.5 Å². The van der Waals surface area contributed by atoms with Crippen molar-refractivity contribution in [3.63, 3.8) is 0 Å². The number of nitrogens with zero attached hydrogens (tertiary/aromatic N) is 1. The Morgan fingerprint density at radius 3 is 2.88 bits per heavy atom. The van der Waals surface area contributed by atoms with Crippen molar-refractivity contribution in [1.29, 1.82) is 0 Å². The van der Waals surface area contributed by atoms with Gasteiger partial charge < -0.3 is 14.8 Å². The van der Waals surface area contributed by atoms with Crippen molar-refractivity contribution in [1.82, 2.24) is 10.3 Å². The minimum absolute atomic E-state index is 0.581. The Balaban J connectivity index is 2.01. The summed E-state index contributed by atoms with van der Waals surface area (Å²) in [5.74, 6) is 0. The minimum atomic E-state index is 0.581. The van der Waals surface area contributed by atoms with Crippen LogP contribution in [-0.2, 0) is 22.6 Å². The van der Waals surface area contributed by atoms with Gasteiger partial charge in [-0.1, -0.05) is 13.3 Å². The van der Waals surface area contributed by atoms with Gasteiger partial charge in [-0.25, -0.2) is 4.98 Å². The van der Waals surface area contributed by atoms with Crippen LogP contribution in [0.3, 0.4) is 0 Å². The molecular weight excluding hydrogens is 236 g/mol. The normalized spacial score (nSPS) is 10.9. The molecule has 0 saturated carbocycles. The largest absolute Gasteiger partial charge is 0.379 e. The molecule has 0 fully saturated rings. The van der Waals surface area contributed by atoms with Crippen molar-refractivity contribution >= 4 is 11.3 Å². The second-order valence-electron chi connectivity index (χ2n) is 3.78. The highest BCUT2D eigenvalue weighted by atomic mass is 32.1. The number of rotatable bonds is 10. The summed E-state index contributed by atoms with van der Waals surface area (Å²) < 4.78 is 10.9. The van der Waals surface area contributed by atoms with Gasteiger partial charge in [0.1, 0.15) is 5.01 Å². The van der Waals surface area contributed by atoms with Gasteiger partial charge in [0, 0.05) is 18.5 Å². The van der Waals surface area contributed by atoms with Gasteiger partial charge in [0.15, 0.2) is 0 Å². The Morgan fingerprint density at radius 1 is 1.29 bits per heavy atom. The highest BCUT2D eigenvalue weighted by molar-refractivity contribution is 7.09. The summed E-state index contributed by atoms with van der Waals surface area (Å²) in [6.45, 7) is 5.71. The number of hydrogen-bond acceptors (Lipinski definition) is 5. The molecule has 0 amide bonds. The van der Waals surface area contributed by atoms with Crippen LogP contribution in [0.1, 0.15) is 30.5 Å². The predicted molar refractivity (Wildman–Crippen MR) is 70.3 cm³/mol. The van der Waals surface area contributed by atoms with Gasteiger partial charge in [-0.15, -0.1) is 11.3 Å². The molecule has 0 atom stereocenters. The zero-order valence-corrected chi connectivity index (χ0v) is 11.5. The van der Waals surface area contributed by atoms with Gasteiger partial charge in [0.25, 0.3) is 0 Å². The van der Waals surface area contributed by atoms with E-state index in [1.165, 1.54) is 6.42 Å². The van der Waals surface area contributed by atoms with Crippen LogP contribution < -0.4 is 5.32 Å². The summed E-state index contributed by atoms with van der Waals surface area (Å²) >= 11 is 1.66. The van der Waals surface area contributed by atoms with Crippen LogP contribution in [0.5, 0.6) is 0 Å². The molecule has 1 N–H and O–H groups in total. The van der Waals surface area contributed by atoms with E-state index < -0.39 is 0 Å². The van der Waals surface area contributed by atoms with E-state index in [1.807, 2.05) is 12.4 Å². The summed E-state index contributed by atoms with van der Waals surface area (Å²) in [7, 11) is 1.92. The first-order valence-corrected chi connectivity index (χ1v) is 6.98. The maximum Gasteiger partial charge on any atom is 0.107 e. The predicted octanol–water partition coefficient (Wildman–Crippen LogP) is 2.20. The lowest BCUT2D eigenvalue weighted by Crippen LogP contribution is -2.06. The number of aromatic nitrogens is 1. The van der Waals surface area contributed by atoms with E-state index in [9.17, 15) is 0 Å². The number of unbranched alkanes of at least 4 members (excludes halogenated alkanes) is 1. The third-order valence-electron chi connectivity index (χ3n) is 2.19. The maximum absolute atomic E-state index is 5.49. The van der Waals surface area contributed by atoms with E-state index in [4.69, 9.17) is 9.47 Å². The summed E-state index contributed by atoms with van der Waals surface area (Å²) in [6, 6.07) is 0. The van der Waals surface area contributed by atoms with Crippen LogP contribution in [0, 0.1) is 0 Å². The molecule has 4 nitrogen and oxygen atoms in total. The highest BCUT2D eigenvalue weighted by Crippen LogP contribution is 2.10. The topological polar surface area (TPSA) is 43.4 Å². The molecular formula is C12H22N2O2S. The van der Waals surface area contributed by atoms with Crippen LogP contribution in [0.4, 0.5) is 0 Å². The molecule has 0 unspecified atom stereocenters. The first kappa shape index (κ1) is 14.6. The minimum Gasteiger partial charge on any atom is -0.379 e. The molecule has 0 saturated heterocycles. The first-order chi connectivity index (χ1) is 8.36. The Morgan fingerprint density at radius 2 is 2.12 bits per heavy atom. The van der Waals surface area contributed by atoms with E-state index in [2.05, 4.69) is 17.2 Å². The van der Waals surface area contributed by atoms with Crippen LogP contribution in [0.2, 0.25) is 0 Å². The van der Waals surface area contributed by atoms with Crippen molar-refractivity contribution in [2.75, 3.05) is 26.9 Å². The van der Waals surface area contributed by atoms with E-state index in [1.54, 1.807) is 11.3 Å².